The van der Waals surface area contributed by atoms with Crippen molar-refractivity contribution >= 4 is 17.7 Å². The van der Waals surface area contributed by atoms with Gasteiger partial charge in [-0.15, -0.1) is 0 Å². The predicted molar refractivity (Wildman–Crippen MR) is 127 cm³/mol. The molecule has 1 atom stereocenters. The largest absolute Gasteiger partial charge is 0.340 e. The van der Waals surface area contributed by atoms with Crippen LogP contribution in [0.1, 0.15) is 51.6 Å². The number of amides is 3. The highest BCUT2D eigenvalue weighted by Crippen LogP contribution is 2.25. The van der Waals surface area contributed by atoms with E-state index >= 15 is 0 Å². The molecular weight excluding hydrogens is 446 g/mol. The molecule has 0 N–H and O–H groups in total. The summed E-state index contributed by atoms with van der Waals surface area (Å²) in [4.78, 5) is 47.5. The summed E-state index contributed by atoms with van der Waals surface area (Å²) in [5.74, 6) is 0.385. The molecule has 180 valence electrons. The Labute approximate surface area is 203 Å². The minimum atomic E-state index is -0.332. The fourth-order valence-electron chi connectivity index (χ4n) is 4.55. The average Bonchev–Trinajstić information content (AvgIpc) is 3.47. The Balaban J connectivity index is 1.13. The normalized spacial score (nSPS) is 17.1. The van der Waals surface area contributed by atoms with Gasteiger partial charge in [0.2, 0.25) is 17.6 Å². The summed E-state index contributed by atoms with van der Waals surface area (Å²) in [7, 11) is 0. The van der Waals surface area contributed by atoms with Crippen molar-refractivity contribution in [3.63, 3.8) is 0 Å². The minimum absolute atomic E-state index is 0.0618. The predicted octanol–water partition coefficient (Wildman–Crippen LogP) is 2.94. The molecule has 2 aromatic carbocycles. The number of hydrogen-bond acceptors (Lipinski definition) is 7. The number of piperazine rings is 1. The first-order valence-corrected chi connectivity index (χ1v) is 11.8. The summed E-state index contributed by atoms with van der Waals surface area (Å²) in [5, 5.41) is 4.13. The van der Waals surface area contributed by atoms with Crippen LogP contribution >= 0.6 is 0 Å². The van der Waals surface area contributed by atoms with Gasteiger partial charge in [0.25, 0.3) is 11.8 Å². The Morgan fingerprint density at radius 1 is 0.971 bits per heavy atom. The van der Waals surface area contributed by atoms with E-state index < -0.39 is 0 Å². The van der Waals surface area contributed by atoms with Crippen LogP contribution in [0, 0.1) is 6.92 Å². The highest BCUT2D eigenvalue weighted by molar-refractivity contribution is 6.21. The molecule has 1 saturated heterocycles. The molecule has 2 aliphatic rings. The first kappa shape index (κ1) is 22.9. The van der Waals surface area contributed by atoms with Gasteiger partial charge < -0.3 is 9.42 Å². The summed E-state index contributed by atoms with van der Waals surface area (Å²) >= 11 is 0. The fraction of sp³-hybridized carbons (Fsp3) is 0.346. The maximum atomic E-state index is 12.8. The van der Waals surface area contributed by atoms with Gasteiger partial charge >= 0.3 is 0 Å². The van der Waals surface area contributed by atoms with E-state index in [1.54, 1.807) is 29.2 Å². The molecule has 0 saturated carbocycles. The monoisotopic (exact) mass is 473 g/mol. The summed E-state index contributed by atoms with van der Waals surface area (Å²) in [5.41, 5.74) is 2.88. The lowest BCUT2D eigenvalue weighted by Gasteiger charge is -2.37. The molecule has 9 nitrogen and oxygen atoms in total. The Bertz CT molecular complexity index is 1230. The third-order valence-corrected chi connectivity index (χ3v) is 6.75. The van der Waals surface area contributed by atoms with Crippen LogP contribution in [0.2, 0.25) is 0 Å². The molecule has 35 heavy (non-hydrogen) atoms. The Kier molecular flexibility index (Phi) is 6.17. The molecule has 2 aliphatic heterocycles. The lowest BCUT2D eigenvalue weighted by Crippen LogP contribution is -2.49. The summed E-state index contributed by atoms with van der Waals surface area (Å²) in [6.45, 7) is 6.60. The van der Waals surface area contributed by atoms with Crippen LogP contribution in [0.3, 0.4) is 0 Å². The topological polar surface area (TPSA) is 99.9 Å². The van der Waals surface area contributed by atoms with Gasteiger partial charge in [-0.3, -0.25) is 24.2 Å². The SMILES string of the molecule is Cc1ccc(-c2noc(C(C)N3CCN(C(=O)CCN4C(=O)c5ccccc5C4=O)CC3)n2)cc1. The summed E-state index contributed by atoms with van der Waals surface area (Å²) in [6, 6.07) is 14.7. The molecule has 1 aromatic heterocycles. The maximum absolute atomic E-state index is 12.8. The van der Waals surface area contributed by atoms with Crippen molar-refractivity contribution in [3.8, 4) is 11.4 Å². The number of carbonyl (C=O) groups excluding carboxylic acids is 3. The molecule has 0 bridgehead atoms. The second-order valence-electron chi connectivity index (χ2n) is 8.97. The number of aromatic nitrogens is 2. The zero-order valence-electron chi connectivity index (χ0n) is 19.8. The van der Waals surface area contributed by atoms with E-state index in [9.17, 15) is 14.4 Å². The molecule has 0 radical (unpaired) electrons. The number of imide groups is 1. The molecule has 3 amide bonds. The van der Waals surface area contributed by atoms with Crippen molar-refractivity contribution in [2.75, 3.05) is 32.7 Å². The molecular formula is C26H27N5O4. The highest BCUT2D eigenvalue weighted by atomic mass is 16.5. The number of aryl methyl sites for hydroxylation is 1. The number of benzene rings is 2. The number of carbonyl (C=O) groups is 3. The van der Waals surface area contributed by atoms with Crippen molar-refractivity contribution in [2.45, 2.75) is 26.3 Å². The number of nitrogens with zero attached hydrogens (tertiary/aromatic N) is 5. The van der Waals surface area contributed by atoms with Crippen LogP contribution in [-0.2, 0) is 4.79 Å². The third-order valence-electron chi connectivity index (χ3n) is 6.75. The fourth-order valence-corrected chi connectivity index (χ4v) is 4.55. The summed E-state index contributed by atoms with van der Waals surface area (Å²) < 4.78 is 5.53. The molecule has 1 unspecified atom stereocenters. The van der Waals surface area contributed by atoms with Crippen molar-refractivity contribution < 1.29 is 18.9 Å². The quantitative estimate of drug-likeness (QED) is 0.508. The van der Waals surface area contributed by atoms with Gasteiger partial charge in [0.1, 0.15) is 0 Å². The van der Waals surface area contributed by atoms with Crippen LogP contribution in [0.4, 0.5) is 0 Å². The van der Waals surface area contributed by atoms with Crippen molar-refractivity contribution in [1.29, 1.82) is 0 Å². The number of rotatable bonds is 6. The van der Waals surface area contributed by atoms with Crippen molar-refractivity contribution in [2.24, 2.45) is 0 Å². The Hall–Kier alpha value is -3.85. The van der Waals surface area contributed by atoms with Gasteiger partial charge in [-0.2, -0.15) is 4.98 Å². The van der Waals surface area contributed by atoms with E-state index in [1.165, 1.54) is 10.5 Å². The van der Waals surface area contributed by atoms with Crippen LogP contribution in [0.5, 0.6) is 0 Å². The Morgan fingerprint density at radius 2 is 1.60 bits per heavy atom. The zero-order valence-corrected chi connectivity index (χ0v) is 19.8. The third kappa shape index (κ3) is 4.46. The molecule has 3 heterocycles. The number of hydrogen-bond donors (Lipinski definition) is 0. The molecule has 5 rings (SSSR count). The van der Waals surface area contributed by atoms with Crippen LogP contribution in [0.15, 0.2) is 53.1 Å². The van der Waals surface area contributed by atoms with E-state index in [-0.39, 0.29) is 36.7 Å². The van der Waals surface area contributed by atoms with Gasteiger partial charge in [0.05, 0.1) is 17.2 Å². The lowest BCUT2D eigenvalue weighted by atomic mass is 10.1. The smallest absolute Gasteiger partial charge is 0.261 e. The van der Waals surface area contributed by atoms with E-state index in [0.717, 1.165) is 5.56 Å². The molecule has 1 fully saturated rings. The van der Waals surface area contributed by atoms with Gasteiger partial charge in [-0.1, -0.05) is 47.1 Å². The van der Waals surface area contributed by atoms with Gasteiger partial charge in [0, 0.05) is 44.7 Å². The van der Waals surface area contributed by atoms with Crippen LogP contribution in [0.25, 0.3) is 11.4 Å². The van der Waals surface area contributed by atoms with E-state index in [2.05, 4.69) is 15.0 Å². The summed E-state index contributed by atoms with van der Waals surface area (Å²) in [6.07, 6.45) is 0.116. The van der Waals surface area contributed by atoms with Crippen LogP contribution < -0.4 is 0 Å². The molecule has 9 heteroatoms. The van der Waals surface area contributed by atoms with Gasteiger partial charge in [-0.05, 0) is 26.0 Å². The molecule has 0 aliphatic carbocycles. The van der Waals surface area contributed by atoms with Crippen molar-refractivity contribution in [1.82, 2.24) is 24.8 Å². The average molecular weight is 474 g/mol. The first-order chi connectivity index (χ1) is 16.9. The van der Waals surface area contributed by atoms with Gasteiger partial charge in [0.15, 0.2) is 0 Å². The molecule has 0 spiro atoms. The highest BCUT2D eigenvalue weighted by Gasteiger charge is 2.35. The lowest BCUT2D eigenvalue weighted by molar-refractivity contribution is -0.133. The van der Waals surface area contributed by atoms with E-state index in [0.29, 0.717) is 49.0 Å². The van der Waals surface area contributed by atoms with Gasteiger partial charge in [-0.25, -0.2) is 0 Å². The second-order valence-corrected chi connectivity index (χ2v) is 8.97. The first-order valence-electron chi connectivity index (χ1n) is 11.8. The van der Waals surface area contributed by atoms with E-state index in [1.807, 2.05) is 38.1 Å². The zero-order chi connectivity index (χ0) is 24.5. The second kappa shape index (κ2) is 9.42. The van der Waals surface area contributed by atoms with E-state index in [4.69, 9.17) is 4.52 Å². The molecule has 3 aromatic rings. The Morgan fingerprint density at radius 3 is 2.23 bits per heavy atom. The maximum Gasteiger partial charge on any atom is 0.261 e. The van der Waals surface area contributed by atoms with Crippen LogP contribution in [-0.4, -0.2) is 75.3 Å². The standard InChI is InChI=1S/C26H27N5O4/c1-17-7-9-19(10-8-17)23-27-24(35-28-23)18(2)29-13-15-30(16-14-29)22(32)11-12-31-25(33)20-5-3-4-6-21(20)26(31)34/h3-10,18H,11-16H2,1-2H3. The van der Waals surface area contributed by atoms with Crippen molar-refractivity contribution in [3.05, 3.63) is 71.1 Å². The number of fused-ring (bicyclic) bond motifs is 1. The minimum Gasteiger partial charge on any atom is -0.340 e.